The lowest BCUT2D eigenvalue weighted by Crippen LogP contribution is -2.43. The SMILES string of the molecule is CC(I)C1=NOC(O)(C(Cl)(Cl)Cl)C1. The minimum absolute atomic E-state index is 0.119. The summed E-state index contributed by atoms with van der Waals surface area (Å²) in [4.78, 5) is 4.72. The second kappa shape index (κ2) is 3.89. The molecule has 1 heterocycles. The molecule has 0 radical (unpaired) electrons. The summed E-state index contributed by atoms with van der Waals surface area (Å²) < 4.78 is -1.75. The van der Waals surface area contributed by atoms with Crippen molar-refractivity contribution >= 4 is 63.1 Å². The maximum Gasteiger partial charge on any atom is 0.287 e. The number of nitrogens with zero attached hydrogens (tertiary/aromatic N) is 1. The average Bonchev–Trinajstić information content (AvgIpc) is 2.31. The van der Waals surface area contributed by atoms with Gasteiger partial charge in [0.25, 0.3) is 9.58 Å². The van der Waals surface area contributed by atoms with Crippen LogP contribution in [0.1, 0.15) is 13.3 Å². The minimum atomic E-state index is -1.89. The smallest absolute Gasteiger partial charge is 0.287 e. The zero-order chi connectivity index (χ0) is 10.3. The normalized spacial score (nSPS) is 31.1. The molecule has 0 aromatic rings. The molecule has 1 aliphatic heterocycles. The van der Waals surface area contributed by atoms with E-state index in [-0.39, 0.29) is 10.3 Å². The van der Waals surface area contributed by atoms with Gasteiger partial charge in [-0.25, -0.2) is 0 Å². The van der Waals surface area contributed by atoms with E-state index in [0.717, 1.165) is 0 Å². The molecular formula is C6H7Cl3INO2. The quantitative estimate of drug-likeness (QED) is 0.578. The molecule has 0 saturated carbocycles. The molecule has 0 fully saturated rings. The lowest BCUT2D eigenvalue weighted by atomic mass is 10.1. The van der Waals surface area contributed by atoms with Crippen molar-refractivity contribution in [3.05, 3.63) is 0 Å². The van der Waals surface area contributed by atoms with Crippen LogP contribution >= 0.6 is 57.4 Å². The van der Waals surface area contributed by atoms with Crippen molar-refractivity contribution in [1.82, 2.24) is 0 Å². The van der Waals surface area contributed by atoms with E-state index < -0.39 is 9.58 Å². The topological polar surface area (TPSA) is 41.8 Å². The summed E-state index contributed by atoms with van der Waals surface area (Å²) >= 11 is 18.7. The molecule has 0 bridgehead atoms. The van der Waals surface area contributed by atoms with Crippen LogP contribution < -0.4 is 0 Å². The average molecular weight is 358 g/mol. The van der Waals surface area contributed by atoms with Gasteiger partial charge in [0.05, 0.1) is 16.1 Å². The molecule has 1 rings (SSSR count). The van der Waals surface area contributed by atoms with Crippen LogP contribution in [0.4, 0.5) is 0 Å². The second-order valence-corrected chi connectivity index (χ2v) is 6.90. The maximum absolute atomic E-state index is 9.71. The van der Waals surface area contributed by atoms with Crippen molar-refractivity contribution in [2.75, 3.05) is 0 Å². The monoisotopic (exact) mass is 357 g/mol. The van der Waals surface area contributed by atoms with Crippen LogP contribution in [0.5, 0.6) is 0 Å². The Balaban J connectivity index is 2.73. The van der Waals surface area contributed by atoms with Crippen molar-refractivity contribution in [2.24, 2.45) is 5.16 Å². The maximum atomic E-state index is 9.71. The highest BCUT2D eigenvalue weighted by Crippen LogP contribution is 2.44. The van der Waals surface area contributed by atoms with Gasteiger partial charge in [0.2, 0.25) is 0 Å². The molecule has 1 N–H and O–H groups in total. The first-order chi connectivity index (χ1) is 5.76. The summed E-state index contributed by atoms with van der Waals surface area (Å²) in [5, 5.41) is 13.4. The van der Waals surface area contributed by atoms with Crippen molar-refractivity contribution in [2.45, 2.75) is 26.8 Å². The van der Waals surface area contributed by atoms with Gasteiger partial charge in [0.1, 0.15) is 0 Å². The van der Waals surface area contributed by atoms with Gasteiger partial charge >= 0.3 is 0 Å². The van der Waals surface area contributed by atoms with Crippen molar-refractivity contribution in [3.63, 3.8) is 0 Å². The van der Waals surface area contributed by atoms with E-state index in [0.29, 0.717) is 5.71 Å². The lowest BCUT2D eigenvalue weighted by molar-refractivity contribution is -0.181. The van der Waals surface area contributed by atoms with E-state index in [9.17, 15) is 5.11 Å². The fourth-order valence-electron chi connectivity index (χ4n) is 0.809. The van der Waals surface area contributed by atoms with Crippen LogP contribution in [-0.4, -0.2) is 24.3 Å². The van der Waals surface area contributed by atoms with Gasteiger partial charge < -0.3 is 9.94 Å². The molecule has 0 aromatic heterocycles. The summed E-state index contributed by atoms with van der Waals surface area (Å²) in [5.74, 6) is -1.83. The Morgan fingerprint density at radius 3 is 2.46 bits per heavy atom. The molecular weight excluding hydrogens is 351 g/mol. The summed E-state index contributed by atoms with van der Waals surface area (Å²) in [6.07, 6.45) is 0.119. The summed E-state index contributed by atoms with van der Waals surface area (Å²) in [6.45, 7) is 1.91. The third-order valence-electron chi connectivity index (χ3n) is 1.64. The molecule has 1 aliphatic rings. The zero-order valence-corrected chi connectivity index (χ0v) is 11.0. The molecule has 7 heteroatoms. The highest BCUT2D eigenvalue weighted by atomic mass is 127. The predicted molar refractivity (Wildman–Crippen MR) is 61.9 cm³/mol. The first-order valence-electron chi connectivity index (χ1n) is 3.44. The highest BCUT2D eigenvalue weighted by Gasteiger charge is 2.54. The van der Waals surface area contributed by atoms with Crippen molar-refractivity contribution in [3.8, 4) is 0 Å². The molecule has 0 aromatic carbocycles. The molecule has 2 unspecified atom stereocenters. The summed E-state index contributed by atoms with van der Waals surface area (Å²) in [6, 6.07) is 0. The molecule has 3 nitrogen and oxygen atoms in total. The van der Waals surface area contributed by atoms with Gasteiger partial charge in [-0.3, -0.25) is 0 Å². The van der Waals surface area contributed by atoms with E-state index in [1.807, 2.05) is 6.92 Å². The number of hydrogen-bond donors (Lipinski definition) is 1. The number of hydrogen-bond acceptors (Lipinski definition) is 3. The van der Waals surface area contributed by atoms with Gasteiger partial charge in [-0.2, -0.15) is 0 Å². The first kappa shape index (κ1) is 12.1. The Labute approximate surface area is 104 Å². The van der Waals surface area contributed by atoms with Gasteiger partial charge in [-0.1, -0.05) is 62.5 Å². The Morgan fingerprint density at radius 2 is 2.23 bits per heavy atom. The molecule has 0 aliphatic carbocycles. The molecule has 76 valence electrons. The van der Waals surface area contributed by atoms with Crippen LogP contribution in [0.15, 0.2) is 5.16 Å². The number of aliphatic hydroxyl groups is 1. The molecule has 13 heavy (non-hydrogen) atoms. The zero-order valence-electron chi connectivity index (χ0n) is 6.60. The van der Waals surface area contributed by atoms with Gasteiger partial charge in [-0.15, -0.1) is 0 Å². The lowest BCUT2D eigenvalue weighted by Gasteiger charge is -2.27. The highest BCUT2D eigenvalue weighted by molar-refractivity contribution is 14.1. The van der Waals surface area contributed by atoms with Crippen molar-refractivity contribution < 1.29 is 9.94 Å². The van der Waals surface area contributed by atoms with Crippen LogP contribution in [-0.2, 0) is 4.84 Å². The Kier molecular flexibility index (Phi) is 3.62. The van der Waals surface area contributed by atoms with Gasteiger partial charge in [0.15, 0.2) is 0 Å². The Morgan fingerprint density at radius 1 is 1.69 bits per heavy atom. The van der Waals surface area contributed by atoms with E-state index in [4.69, 9.17) is 39.6 Å². The van der Waals surface area contributed by atoms with Crippen LogP contribution in [0.3, 0.4) is 0 Å². The molecule has 0 saturated heterocycles. The molecule has 0 spiro atoms. The molecule has 2 atom stereocenters. The fraction of sp³-hybridized carbons (Fsp3) is 0.833. The number of rotatable bonds is 1. The molecule has 0 amide bonds. The van der Waals surface area contributed by atoms with Gasteiger partial charge in [0, 0.05) is 0 Å². The van der Waals surface area contributed by atoms with E-state index in [1.165, 1.54) is 0 Å². The number of oxime groups is 1. The Hall–Kier alpha value is 1.03. The summed E-state index contributed by atoms with van der Waals surface area (Å²) in [7, 11) is 0. The Bertz CT molecular complexity index is 241. The fourth-order valence-corrected chi connectivity index (χ4v) is 1.45. The van der Waals surface area contributed by atoms with Crippen molar-refractivity contribution in [1.29, 1.82) is 0 Å². The van der Waals surface area contributed by atoms with Crippen LogP contribution in [0, 0.1) is 0 Å². The first-order valence-corrected chi connectivity index (χ1v) is 5.82. The van der Waals surface area contributed by atoms with E-state index >= 15 is 0 Å². The largest absolute Gasteiger partial charge is 0.355 e. The van der Waals surface area contributed by atoms with E-state index in [2.05, 4.69) is 27.7 Å². The summed E-state index contributed by atoms with van der Waals surface area (Å²) in [5.41, 5.74) is 0.675. The van der Waals surface area contributed by atoms with Gasteiger partial charge in [-0.05, 0) is 6.92 Å². The van der Waals surface area contributed by atoms with Crippen LogP contribution in [0.25, 0.3) is 0 Å². The number of halogens is 4. The predicted octanol–water partition coefficient (Wildman–Crippen LogP) is 2.65. The van der Waals surface area contributed by atoms with Crippen LogP contribution in [0.2, 0.25) is 0 Å². The minimum Gasteiger partial charge on any atom is -0.355 e. The second-order valence-electron chi connectivity index (χ2n) is 2.75. The third kappa shape index (κ3) is 2.53. The standard InChI is InChI=1S/C6H7Cl3INO2/c1-3(10)4-2-5(12,13-11-4)6(7,8)9/h3,12H,2H2,1H3. The number of alkyl halides is 4. The third-order valence-corrected chi connectivity index (χ3v) is 3.24. The van der Waals surface area contributed by atoms with E-state index in [1.54, 1.807) is 0 Å².